The zero-order chi connectivity index (χ0) is 15.7. The molecule has 0 aliphatic carbocycles. The van der Waals surface area contributed by atoms with Gasteiger partial charge in [-0.3, -0.25) is 4.90 Å². The number of hydrogen-bond donors (Lipinski definition) is 0. The quantitative estimate of drug-likeness (QED) is 0.555. The Hall–Kier alpha value is -1.25. The highest BCUT2D eigenvalue weighted by Gasteiger charge is 2.25. The molecule has 0 saturated carbocycles. The molecular formula is C16H28N2O3. The van der Waals surface area contributed by atoms with Crippen LogP contribution in [0.15, 0.2) is 0 Å². The minimum Gasteiger partial charge on any atom is -0.444 e. The molecule has 120 valence electrons. The van der Waals surface area contributed by atoms with Gasteiger partial charge in [0.1, 0.15) is 12.2 Å². The number of amides is 1. The summed E-state index contributed by atoms with van der Waals surface area (Å²) in [6.07, 6.45) is 7.02. The van der Waals surface area contributed by atoms with E-state index in [1.54, 1.807) is 4.90 Å². The van der Waals surface area contributed by atoms with Crippen LogP contribution in [0.2, 0.25) is 0 Å². The van der Waals surface area contributed by atoms with Crippen molar-refractivity contribution in [3.63, 3.8) is 0 Å². The summed E-state index contributed by atoms with van der Waals surface area (Å²) in [7, 11) is 0. The fourth-order valence-electron chi connectivity index (χ4n) is 2.15. The summed E-state index contributed by atoms with van der Waals surface area (Å²) in [5, 5.41) is 0. The number of ether oxygens (including phenoxy) is 2. The van der Waals surface area contributed by atoms with Crippen LogP contribution in [0.4, 0.5) is 4.79 Å². The van der Waals surface area contributed by atoms with Crippen molar-refractivity contribution >= 4 is 6.09 Å². The summed E-state index contributed by atoms with van der Waals surface area (Å²) in [4.78, 5) is 16.1. The summed E-state index contributed by atoms with van der Waals surface area (Å²) in [5.41, 5.74) is -0.424. The standard InChI is InChI=1S/C16H28N2O3/c1-5-13-20-14-7-6-8-17-9-11-18(12-10-17)15(19)21-16(2,3)4/h1H,6-14H2,2-4H3. The van der Waals surface area contributed by atoms with E-state index in [2.05, 4.69) is 10.8 Å². The van der Waals surface area contributed by atoms with E-state index in [0.29, 0.717) is 6.61 Å². The number of carbonyl (C=O) groups excluding carboxylic acids is 1. The molecule has 0 aromatic carbocycles. The molecule has 0 N–H and O–H groups in total. The molecule has 5 heteroatoms. The molecule has 0 bridgehead atoms. The molecule has 0 atom stereocenters. The smallest absolute Gasteiger partial charge is 0.410 e. The Labute approximate surface area is 128 Å². The van der Waals surface area contributed by atoms with E-state index < -0.39 is 5.60 Å². The Bertz CT molecular complexity index is 350. The predicted molar refractivity (Wildman–Crippen MR) is 83.1 cm³/mol. The van der Waals surface area contributed by atoms with Gasteiger partial charge >= 0.3 is 6.09 Å². The predicted octanol–water partition coefficient (Wildman–Crippen LogP) is 1.97. The molecule has 0 unspecified atom stereocenters. The monoisotopic (exact) mass is 296 g/mol. The molecule has 0 radical (unpaired) electrons. The van der Waals surface area contributed by atoms with Crippen LogP contribution in [0.5, 0.6) is 0 Å². The summed E-state index contributed by atoms with van der Waals surface area (Å²) < 4.78 is 10.6. The van der Waals surface area contributed by atoms with Crippen LogP contribution in [0.1, 0.15) is 33.6 Å². The maximum absolute atomic E-state index is 11.9. The number of nitrogens with zero attached hydrogens (tertiary/aromatic N) is 2. The SMILES string of the molecule is C#CCOCCCCN1CCN(C(=O)OC(C)(C)C)CC1. The van der Waals surface area contributed by atoms with Crippen LogP contribution in [0.25, 0.3) is 0 Å². The first kappa shape index (κ1) is 17.8. The number of hydrogen-bond acceptors (Lipinski definition) is 4. The maximum atomic E-state index is 11.9. The van der Waals surface area contributed by atoms with Gasteiger partial charge in [0, 0.05) is 32.8 Å². The van der Waals surface area contributed by atoms with E-state index in [1.807, 2.05) is 20.8 Å². The number of carbonyl (C=O) groups is 1. The Morgan fingerprint density at radius 1 is 1.19 bits per heavy atom. The van der Waals surface area contributed by atoms with Crippen molar-refractivity contribution in [2.24, 2.45) is 0 Å². The average Bonchev–Trinajstić information content (AvgIpc) is 2.41. The normalized spacial score (nSPS) is 16.6. The van der Waals surface area contributed by atoms with Crippen molar-refractivity contribution in [2.45, 2.75) is 39.2 Å². The second kappa shape index (κ2) is 8.91. The number of piperazine rings is 1. The molecule has 5 nitrogen and oxygen atoms in total. The average molecular weight is 296 g/mol. The van der Waals surface area contributed by atoms with Gasteiger partial charge in [0.25, 0.3) is 0 Å². The van der Waals surface area contributed by atoms with Crippen molar-refractivity contribution in [1.29, 1.82) is 0 Å². The minimum absolute atomic E-state index is 0.204. The fraction of sp³-hybridized carbons (Fsp3) is 0.812. The van der Waals surface area contributed by atoms with E-state index in [4.69, 9.17) is 15.9 Å². The number of unbranched alkanes of at least 4 members (excludes halogenated alkanes) is 1. The maximum Gasteiger partial charge on any atom is 0.410 e. The largest absolute Gasteiger partial charge is 0.444 e. The van der Waals surface area contributed by atoms with Gasteiger partial charge in [-0.1, -0.05) is 5.92 Å². The molecule has 0 aromatic rings. The molecule has 0 spiro atoms. The van der Waals surface area contributed by atoms with Gasteiger partial charge in [0.15, 0.2) is 0 Å². The van der Waals surface area contributed by atoms with E-state index >= 15 is 0 Å². The van der Waals surface area contributed by atoms with Crippen molar-refractivity contribution in [3.8, 4) is 12.3 Å². The van der Waals surface area contributed by atoms with E-state index in [0.717, 1.165) is 52.2 Å². The third kappa shape index (κ3) is 7.93. The molecular weight excluding hydrogens is 268 g/mol. The fourth-order valence-corrected chi connectivity index (χ4v) is 2.15. The molecule has 1 fully saturated rings. The van der Waals surface area contributed by atoms with Crippen LogP contribution in [-0.4, -0.2) is 67.4 Å². The topological polar surface area (TPSA) is 42.0 Å². The molecule has 1 aliphatic rings. The summed E-state index contributed by atoms with van der Waals surface area (Å²) in [5.74, 6) is 2.46. The zero-order valence-corrected chi connectivity index (χ0v) is 13.6. The molecule has 0 aromatic heterocycles. The van der Waals surface area contributed by atoms with Crippen LogP contribution in [0.3, 0.4) is 0 Å². The van der Waals surface area contributed by atoms with Gasteiger partial charge < -0.3 is 14.4 Å². The molecule has 1 amide bonds. The van der Waals surface area contributed by atoms with E-state index in [1.165, 1.54) is 0 Å². The Kier molecular flexibility index (Phi) is 7.55. The summed E-state index contributed by atoms with van der Waals surface area (Å²) in [6.45, 7) is 11.1. The lowest BCUT2D eigenvalue weighted by Crippen LogP contribution is -2.50. The Balaban J connectivity index is 2.12. The highest BCUT2D eigenvalue weighted by Crippen LogP contribution is 2.12. The van der Waals surface area contributed by atoms with Crippen LogP contribution < -0.4 is 0 Å². The van der Waals surface area contributed by atoms with Gasteiger partial charge in [-0.25, -0.2) is 4.79 Å². The highest BCUT2D eigenvalue weighted by molar-refractivity contribution is 5.68. The third-order valence-corrected chi connectivity index (χ3v) is 3.22. The number of terminal acetylenes is 1. The lowest BCUT2D eigenvalue weighted by molar-refractivity contribution is 0.0143. The Morgan fingerprint density at radius 3 is 2.43 bits per heavy atom. The lowest BCUT2D eigenvalue weighted by Gasteiger charge is -2.35. The minimum atomic E-state index is -0.424. The Morgan fingerprint density at radius 2 is 1.86 bits per heavy atom. The molecule has 1 aliphatic heterocycles. The molecule has 1 heterocycles. The van der Waals surface area contributed by atoms with Crippen molar-refractivity contribution in [2.75, 3.05) is 45.9 Å². The van der Waals surface area contributed by atoms with Crippen LogP contribution in [0, 0.1) is 12.3 Å². The van der Waals surface area contributed by atoms with Gasteiger partial charge in [-0.2, -0.15) is 0 Å². The van der Waals surface area contributed by atoms with Crippen LogP contribution >= 0.6 is 0 Å². The first-order valence-corrected chi connectivity index (χ1v) is 7.64. The number of rotatable bonds is 6. The molecule has 1 rings (SSSR count). The molecule has 21 heavy (non-hydrogen) atoms. The van der Waals surface area contributed by atoms with Crippen LogP contribution in [-0.2, 0) is 9.47 Å². The first-order valence-electron chi connectivity index (χ1n) is 7.64. The summed E-state index contributed by atoms with van der Waals surface area (Å²) >= 11 is 0. The third-order valence-electron chi connectivity index (χ3n) is 3.22. The van der Waals surface area contributed by atoms with Gasteiger partial charge in [0.2, 0.25) is 0 Å². The van der Waals surface area contributed by atoms with Crippen molar-refractivity contribution in [3.05, 3.63) is 0 Å². The van der Waals surface area contributed by atoms with E-state index in [-0.39, 0.29) is 6.09 Å². The lowest BCUT2D eigenvalue weighted by atomic mass is 10.2. The van der Waals surface area contributed by atoms with Crippen molar-refractivity contribution < 1.29 is 14.3 Å². The van der Waals surface area contributed by atoms with Gasteiger partial charge in [-0.15, -0.1) is 6.42 Å². The van der Waals surface area contributed by atoms with E-state index in [9.17, 15) is 4.79 Å². The van der Waals surface area contributed by atoms with Crippen molar-refractivity contribution in [1.82, 2.24) is 9.80 Å². The second-order valence-electron chi connectivity index (χ2n) is 6.27. The van der Waals surface area contributed by atoms with Gasteiger partial charge in [0.05, 0.1) is 0 Å². The highest BCUT2D eigenvalue weighted by atomic mass is 16.6. The zero-order valence-electron chi connectivity index (χ0n) is 13.6. The van der Waals surface area contributed by atoms with Gasteiger partial charge in [-0.05, 0) is 40.2 Å². The summed E-state index contributed by atoms with van der Waals surface area (Å²) in [6, 6.07) is 0. The first-order chi connectivity index (χ1) is 9.92. The second-order valence-corrected chi connectivity index (χ2v) is 6.27. The molecule has 1 saturated heterocycles.